The molecule has 0 amide bonds. The molecule has 0 atom stereocenters. The fourth-order valence-corrected chi connectivity index (χ4v) is 1.38. The van der Waals surface area contributed by atoms with E-state index in [1.165, 1.54) is 11.5 Å². The van der Waals surface area contributed by atoms with Crippen molar-refractivity contribution in [3.05, 3.63) is 29.5 Å². The van der Waals surface area contributed by atoms with E-state index in [4.69, 9.17) is 11.6 Å². The summed E-state index contributed by atoms with van der Waals surface area (Å²) in [7, 11) is 0. The first-order valence-corrected chi connectivity index (χ1v) is 4.21. The highest BCUT2D eigenvalue weighted by molar-refractivity contribution is 6.29. The van der Waals surface area contributed by atoms with Gasteiger partial charge in [-0.1, -0.05) is 11.6 Å². The van der Waals surface area contributed by atoms with Gasteiger partial charge in [-0.3, -0.25) is 9.36 Å². The molecule has 2 heterocycles. The summed E-state index contributed by atoms with van der Waals surface area (Å²) >= 11 is 5.72. The van der Waals surface area contributed by atoms with Crippen LogP contribution in [0, 0.1) is 0 Å². The van der Waals surface area contributed by atoms with E-state index in [1.807, 2.05) is 12.1 Å². The fraction of sp³-hybridized carbons (Fsp3) is 0.111. The molecule has 0 bridgehead atoms. The van der Waals surface area contributed by atoms with Crippen LogP contribution in [0.15, 0.2) is 24.4 Å². The Morgan fingerprint density at radius 2 is 2.23 bits per heavy atom. The second kappa shape index (κ2) is 2.85. The lowest BCUT2D eigenvalue weighted by atomic mass is 10.3. The molecule has 0 aromatic carbocycles. The smallest absolute Gasteiger partial charge is 0.229 e. The van der Waals surface area contributed by atoms with Crippen LogP contribution in [0.2, 0.25) is 5.15 Å². The van der Waals surface area contributed by atoms with Crippen molar-refractivity contribution in [1.82, 2.24) is 9.55 Å². The topological polar surface area (TPSA) is 34.9 Å². The Hall–Kier alpha value is -1.35. The van der Waals surface area contributed by atoms with Crippen LogP contribution >= 0.6 is 11.6 Å². The second-order valence-corrected chi connectivity index (χ2v) is 3.14. The molecule has 0 fully saturated rings. The predicted octanol–water partition coefficient (Wildman–Crippen LogP) is 2.35. The normalized spacial score (nSPS) is 10.6. The van der Waals surface area contributed by atoms with Crippen LogP contribution in [0.25, 0.3) is 11.0 Å². The molecule has 2 aromatic rings. The Morgan fingerprint density at radius 1 is 1.46 bits per heavy atom. The minimum Gasteiger partial charge on any atom is -0.274 e. The van der Waals surface area contributed by atoms with Gasteiger partial charge in [0.2, 0.25) is 5.91 Å². The molecule has 2 aromatic heterocycles. The van der Waals surface area contributed by atoms with E-state index < -0.39 is 0 Å². The molecule has 0 aliphatic heterocycles. The first-order chi connectivity index (χ1) is 6.18. The van der Waals surface area contributed by atoms with E-state index in [-0.39, 0.29) is 5.91 Å². The minimum absolute atomic E-state index is 0.0650. The highest BCUT2D eigenvalue weighted by Crippen LogP contribution is 2.16. The van der Waals surface area contributed by atoms with Gasteiger partial charge in [0.1, 0.15) is 10.8 Å². The number of pyridine rings is 1. The molecule has 0 N–H and O–H groups in total. The summed E-state index contributed by atoms with van der Waals surface area (Å²) in [6, 6.07) is 5.37. The van der Waals surface area contributed by atoms with Crippen LogP contribution in [-0.2, 0) is 0 Å². The van der Waals surface area contributed by atoms with E-state index in [2.05, 4.69) is 4.98 Å². The molecule has 66 valence electrons. The van der Waals surface area contributed by atoms with Gasteiger partial charge in [0.25, 0.3) is 0 Å². The number of nitrogens with zero attached hydrogens (tertiary/aromatic N) is 2. The maximum Gasteiger partial charge on any atom is 0.229 e. The van der Waals surface area contributed by atoms with Crippen molar-refractivity contribution in [1.29, 1.82) is 0 Å². The van der Waals surface area contributed by atoms with Crippen molar-refractivity contribution in [3.8, 4) is 0 Å². The summed E-state index contributed by atoms with van der Waals surface area (Å²) in [6.45, 7) is 1.49. The van der Waals surface area contributed by atoms with Gasteiger partial charge in [-0.05, 0) is 18.2 Å². The third kappa shape index (κ3) is 1.31. The van der Waals surface area contributed by atoms with Crippen molar-refractivity contribution in [2.45, 2.75) is 6.92 Å². The quantitative estimate of drug-likeness (QED) is 0.604. The number of fused-ring (bicyclic) bond motifs is 1. The summed E-state index contributed by atoms with van der Waals surface area (Å²) in [6.07, 6.45) is 1.69. The summed E-state index contributed by atoms with van der Waals surface area (Å²) in [5, 5.41) is 1.31. The first kappa shape index (κ1) is 8.26. The van der Waals surface area contributed by atoms with Crippen molar-refractivity contribution in [2.24, 2.45) is 0 Å². The van der Waals surface area contributed by atoms with Crippen LogP contribution < -0.4 is 0 Å². The van der Waals surface area contributed by atoms with Crippen LogP contribution in [-0.4, -0.2) is 15.5 Å². The lowest BCUT2D eigenvalue weighted by molar-refractivity contribution is 0.0941. The van der Waals surface area contributed by atoms with Gasteiger partial charge in [0, 0.05) is 18.5 Å². The highest BCUT2D eigenvalue weighted by atomic mass is 35.5. The highest BCUT2D eigenvalue weighted by Gasteiger charge is 2.05. The third-order valence-corrected chi connectivity index (χ3v) is 2.05. The molecule has 0 unspecified atom stereocenters. The van der Waals surface area contributed by atoms with Crippen molar-refractivity contribution in [3.63, 3.8) is 0 Å². The Bertz CT molecular complexity index is 475. The number of hydrogen-bond donors (Lipinski definition) is 0. The number of carbonyl (C=O) groups is 1. The van der Waals surface area contributed by atoms with E-state index in [0.717, 1.165) is 5.39 Å². The van der Waals surface area contributed by atoms with Gasteiger partial charge >= 0.3 is 0 Å². The third-order valence-electron chi connectivity index (χ3n) is 1.84. The standard InChI is InChI=1S/C9H7ClN2O/c1-6(13)12-5-4-7-2-3-8(10)11-9(7)12/h2-5H,1H3. The van der Waals surface area contributed by atoms with Gasteiger partial charge in [-0.15, -0.1) is 0 Å². The maximum atomic E-state index is 11.1. The van der Waals surface area contributed by atoms with Crippen LogP contribution in [0.4, 0.5) is 0 Å². The van der Waals surface area contributed by atoms with Crippen LogP contribution in [0.1, 0.15) is 11.7 Å². The molecule has 0 aliphatic rings. The van der Waals surface area contributed by atoms with E-state index in [0.29, 0.717) is 10.8 Å². The average molecular weight is 195 g/mol. The molecule has 3 nitrogen and oxygen atoms in total. The molecule has 13 heavy (non-hydrogen) atoms. The van der Waals surface area contributed by atoms with E-state index in [1.54, 1.807) is 12.3 Å². The van der Waals surface area contributed by atoms with Crippen molar-refractivity contribution < 1.29 is 4.79 Å². The van der Waals surface area contributed by atoms with Gasteiger partial charge in [0.15, 0.2) is 0 Å². The SMILES string of the molecule is CC(=O)n1ccc2ccc(Cl)nc21. The fourth-order valence-electron chi connectivity index (χ4n) is 1.24. The molecular weight excluding hydrogens is 188 g/mol. The number of carbonyl (C=O) groups excluding carboxylic acids is 1. The molecule has 0 saturated carbocycles. The zero-order valence-corrected chi connectivity index (χ0v) is 7.75. The first-order valence-electron chi connectivity index (χ1n) is 3.83. The van der Waals surface area contributed by atoms with Crippen LogP contribution in [0.5, 0.6) is 0 Å². The molecule has 0 saturated heterocycles. The largest absolute Gasteiger partial charge is 0.274 e. The summed E-state index contributed by atoms with van der Waals surface area (Å²) in [5.41, 5.74) is 0.611. The monoisotopic (exact) mass is 194 g/mol. The maximum absolute atomic E-state index is 11.1. The molecule has 0 spiro atoms. The Kier molecular flexibility index (Phi) is 1.81. The molecule has 0 radical (unpaired) electrons. The predicted molar refractivity (Wildman–Crippen MR) is 51.0 cm³/mol. The van der Waals surface area contributed by atoms with Gasteiger partial charge in [-0.2, -0.15) is 0 Å². The average Bonchev–Trinajstić information content (AvgIpc) is 2.46. The lowest BCUT2D eigenvalue weighted by Gasteiger charge is -1.97. The molecule has 0 aliphatic carbocycles. The molecular formula is C9H7ClN2O. The Balaban J connectivity index is 2.79. The van der Waals surface area contributed by atoms with E-state index in [9.17, 15) is 4.79 Å². The zero-order chi connectivity index (χ0) is 9.42. The van der Waals surface area contributed by atoms with Gasteiger partial charge < -0.3 is 0 Å². The number of halogens is 1. The van der Waals surface area contributed by atoms with E-state index >= 15 is 0 Å². The molecule has 2 rings (SSSR count). The minimum atomic E-state index is -0.0650. The van der Waals surface area contributed by atoms with Crippen LogP contribution in [0.3, 0.4) is 0 Å². The zero-order valence-electron chi connectivity index (χ0n) is 6.99. The number of hydrogen-bond acceptors (Lipinski definition) is 2. The summed E-state index contributed by atoms with van der Waals surface area (Å²) in [5.74, 6) is -0.0650. The Labute approximate surface area is 79.9 Å². The van der Waals surface area contributed by atoms with Gasteiger partial charge in [-0.25, -0.2) is 4.98 Å². The van der Waals surface area contributed by atoms with Gasteiger partial charge in [0.05, 0.1) is 0 Å². The second-order valence-electron chi connectivity index (χ2n) is 2.75. The lowest BCUT2D eigenvalue weighted by Crippen LogP contribution is -2.04. The number of aromatic nitrogens is 2. The van der Waals surface area contributed by atoms with Crippen molar-refractivity contribution >= 4 is 28.5 Å². The van der Waals surface area contributed by atoms with Crippen molar-refractivity contribution in [2.75, 3.05) is 0 Å². The summed E-state index contributed by atoms with van der Waals surface area (Å²) < 4.78 is 1.47. The molecule has 4 heteroatoms. The summed E-state index contributed by atoms with van der Waals surface area (Å²) in [4.78, 5) is 15.2. The Morgan fingerprint density at radius 3 is 2.92 bits per heavy atom. The number of rotatable bonds is 0.